The molecule has 104 valence electrons. The topological polar surface area (TPSA) is 58.6 Å². The highest BCUT2D eigenvalue weighted by Crippen LogP contribution is 2.47. The van der Waals surface area contributed by atoms with Crippen molar-refractivity contribution in [2.75, 3.05) is 19.8 Å². The molecule has 0 bridgehead atoms. The molecule has 1 aliphatic rings. The third kappa shape index (κ3) is 3.47. The molecule has 1 aromatic carbocycles. The van der Waals surface area contributed by atoms with E-state index >= 15 is 0 Å². The zero-order valence-corrected chi connectivity index (χ0v) is 11.3. The average molecular weight is 263 g/mol. The zero-order valence-electron chi connectivity index (χ0n) is 11.3. The Labute approximate surface area is 113 Å². The van der Waals surface area contributed by atoms with E-state index in [0.717, 1.165) is 19.3 Å². The van der Waals surface area contributed by atoms with Crippen LogP contribution in [0.15, 0.2) is 24.3 Å². The summed E-state index contributed by atoms with van der Waals surface area (Å²) in [5.41, 5.74) is 0.703. The maximum Gasteiger partial charge on any atom is 0.255 e. The number of ether oxygens (including phenoxy) is 1. The summed E-state index contributed by atoms with van der Waals surface area (Å²) in [5.74, 6) is 0.516. The summed E-state index contributed by atoms with van der Waals surface area (Å²) in [4.78, 5) is 12.2. The van der Waals surface area contributed by atoms with Crippen molar-refractivity contribution in [3.63, 3.8) is 0 Å². The molecule has 0 heterocycles. The lowest BCUT2D eigenvalue weighted by Gasteiger charge is -2.15. The number of nitrogens with one attached hydrogen (secondary N) is 1. The van der Waals surface area contributed by atoms with E-state index in [4.69, 9.17) is 9.84 Å². The van der Waals surface area contributed by atoms with Gasteiger partial charge >= 0.3 is 0 Å². The number of rotatable bonds is 7. The molecule has 1 fully saturated rings. The second kappa shape index (κ2) is 6.06. The molecule has 0 unspecified atom stereocenters. The first-order valence-electron chi connectivity index (χ1n) is 6.82. The Hall–Kier alpha value is -1.55. The molecule has 2 rings (SSSR count). The third-order valence-electron chi connectivity index (χ3n) is 3.65. The van der Waals surface area contributed by atoms with Gasteiger partial charge in [0.1, 0.15) is 5.75 Å². The van der Waals surface area contributed by atoms with Crippen LogP contribution in [0.3, 0.4) is 0 Å². The first-order chi connectivity index (χ1) is 9.21. The van der Waals surface area contributed by atoms with Crippen molar-refractivity contribution >= 4 is 5.91 Å². The van der Waals surface area contributed by atoms with Crippen molar-refractivity contribution in [2.45, 2.75) is 26.2 Å². The standard InChI is InChI=1S/C15H21NO3/c1-2-19-13-6-4-3-5-12(13)14(18)16-11-15(7-8-15)9-10-17/h3-6,17H,2,7-11H2,1H3,(H,16,18). The Morgan fingerprint density at radius 1 is 1.42 bits per heavy atom. The maximum atomic E-state index is 12.2. The van der Waals surface area contributed by atoms with Crippen LogP contribution in [0.4, 0.5) is 0 Å². The molecule has 0 aliphatic heterocycles. The minimum atomic E-state index is -0.103. The first kappa shape index (κ1) is 13.9. The molecule has 0 aromatic heterocycles. The van der Waals surface area contributed by atoms with Crippen molar-refractivity contribution in [2.24, 2.45) is 5.41 Å². The molecule has 4 nitrogen and oxygen atoms in total. The van der Waals surface area contributed by atoms with Crippen LogP contribution in [-0.4, -0.2) is 30.8 Å². The van der Waals surface area contributed by atoms with Crippen LogP contribution in [0.1, 0.15) is 36.5 Å². The number of benzene rings is 1. The zero-order chi connectivity index (χ0) is 13.7. The van der Waals surface area contributed by atoms with Crippen LogP contribution in [0.5, 0.6) is 5.75 Å². The van der Waals surface area contributed by atoms with Gasteiger partial charge in [-0.2, -0.15) is 0 Å². The summed E-state index contributed by atoms with van der Waals surface area (Å²) in [5, 5.41) is 12.0. The second-order valence-electron chi connectivity index (χ2n) is 5.09. The van der Waals surface area contributed by atoms with Gasteiger partial charge in [0.15, 0.2) is 0 Å². The average Bonchev–Trinajstić information content (AvgIpc) is 3.18. The minimum Gasteiger partial charge on any atom is -0.493 e. The molecule has 1 saturated carbocycles. The van der Waals surface area contributed by atoms with Gasteiger partial charge < -0.3 is 15.2 Å². The summed E-state index contributed by atoms with van der Waals surface area (Å²) in [6.45, 7) is 3.26. The van der Waals surface area contributed by atoms with Gasteiger partial charge in [-0.3, -0.25) is 4.79 Å². The molecule has 0 saturated heterocycles. The van der Waals surface area contributed by atoms with Gasteiger partial charge in [0.2, 0.25) is 0 Å². The van der Waals surface area contributed by atoms with E-state index in [9.17, 15) is 4.79 Å². The smallest absolute Gasteiger partial charge is 0.255 e. The van der Waals surface area contributed by atoms with Gasteiger partial charge in [0.25, 0.3) is 5.91 Å². The lowest BCUT2D eigenvalue weighted by Crippen LogP contribution is -2.31. The SMILES string of the molecule is CCOc1ccccc1C(=O)NCC1(CCO)CC1. The number of aliphatic hydroxyl groups is 1. The van der Waals surface area contributed by atoms with Crippen molar-refractivity contribution < 1.29 is 14.6 Å². The molecular weight excluding hydrogens is 242 g/mol. The number of aliphatic hydroxyl groups excluding tert-OH is 1. The van der Waals surface area contributed by atoms with Crippen molar-refractivity contribution in [3.05, 3.63) is 29.8 Å². The third-order valence-corrected chi connectivity index (χ3v) is 3.65. The molecule has 0 spiro atoms. The monoisotopic (exact) mass is 263 g/mol. The van der Waals surface area contributed by atoms with Crippen LogP contribution in [0.25, 0.3) is 0 Å². The van der Waals surface area contributed by atoms with Gasteiger partial charge in [-0.25, -0.2) is 0 Å². The van der Waals surface area contributed by atoms with Gasteiger partial charge in [0.05, 0.1) is 12.2 Å². The molecule has 1 aromatic rings. The van der Waals surface area contributed by atoms with Crippen LogP contribution < -0.4 is 10.1 Å². The summed E-state index contributed by atoms with van der Waals surface area (Å²) in [6, 6.07) is 7.26. The molecule has 1 amide bonds. The Morgan fingerprint density at radius 3 is 2.79 bits per heavy atom. The largest absolute Gasteiger partial charge is 0.493 e. The number of carbonyl (C=O) groups excluding carboxylic acids is 1. The number of hydrogen-bond donors (Lipinski definition) is 2. The summed E-state index contributed by atoms with van der Waals surface area (Å²) in [6.07, 6.45) is 2.93. The fourth-order valence-corrected chi connectivity index (χ4v) is 2.23. The van der Waals surface area contributed by atoms with Crippen molar-refractivity contribution in [3.8, 4) is 5.75 Å². The molecular formula is C15H21NO3. The highest BCUT2D eigenvalue weighted by Gasteiger charge is 2.41. The minimum absolute atomic E-state index is 0.103. The van der Waals surface area contributed by atoms with Crippen molar-refractivity contribution in [1.82, 2.24) is 5.32 Å². The highest BCUT2D eigenvalue weighted by molar-refractivity contribution is 5.96. The van der Waals surface area contributed by atoms with Gasteiger partial charge in [-0.05, 0) is 43.7 Å². The summed E-state index contributed by atoms with van der Waals surface area (Å²) in [7, 11) is 0. The second-order valence-corrected chi connectivity index (χ2v) is 5.09. The maximum absolute atomic E-state index is 12.2. The first-order valence-corrected chi connectivity index (χ1v) is 6.82. The number of hydrogen-bond acceptors (Lipinski definition) is 3. The van der Waals surface area contributed by atoms with E-state index in [-0.39, 0.29) is 17.9 Å². The number of carbonyl (C=O) groups is 1. The Kier molecular flexibility index (Phi) is 4.43. The summed E-state index contributed by atoms with van der Waals surface area (Å²) >= 11 is 0. The number of para-hydroxylation sites is 1. The molecule has 19 heavy (non-hydrogen) atoms. The Bertz CT molecular complexity index is 441. The van der Waals surface area contributed by atoms with Crippen LogP contribution in [0, 0.1) is 5.41 Å². The van der Waals surface area contributed by atoms with Crippen LogP contribution in [0.2, 0.25) is 0 Å². The van der Waals surface area contributed by atoms with E-state index < -0.39 is 0 Å². The highest BCUT2D eigenvalue weighted by atomic mass is 16.5. The Morgan fingerprint density at radius 2 is 2.16 bits per heavy atom. The fraction of sp³-hybridized carbons (Fsp3) is 0.533. The van der Waals surface area contributed by atoms with Gasteiger partial charge in [0, 0.05) is 13.2 Å². The van der Waals surface area contributed by atoms with E-state index in [1.807, 2.05) is 19.1 Å². The van der Waals surface area contributed by atoms with Gasteiger partial charge in [-0.1, -0.05) is 12.1 Å². The summed E-state index contributed by atoms with van der Waals surface area (Å²) < 4.78 is 5.45. The molecule has 0 atom stereocenters. The van der Waals surface area contributed by atoms with E-state index in [0.29, 0.717) is 24.5 Å². The van der Waals surface area contributed by atoms with Gasteiger partial charge in [-0.15, -0.1) is 0 Å². The molecule has 2 N–H and O–H groups in total. The molecule has 4 heteroatoms. The molecule has 1 aliphatic carbocycles. The Balaban J connectivity index is 1.96. The van der Waals surface area contributed by atoms with Crippen molar-refractivity contribution in [1.29, 1.82) is 0 Å². The predicted molar refractivity (Wildman–Crippen MR) is 73.3 cm³/mol. The lowest BCUT2D eigenvalue weighted by molar-refractivity contribution is 0.0937. The normalized spacial score (nSPS) is 15.9. The predicted octanol–water partition coefficient (Wildman–Crippen LogP) is 1.98. The fourth-order valence-electron chi connectivity index (χ4n) is 2.23. The van der Waals surface area contributed by atoms with Crippen LogP contribution >= 0.6 is 0 Å². The van der Waals surface area contributed by atoms with E-state index in [1.54, 1.807) is 12.1 Å². The quantitative estimate of drug-likeness (QED) is 0.791. The van der Waals surface area contributed by atoms with Crippen LogP contribution in [-0.2, 0) is 0 Å². The molecule has 0 radical (unpaired) electrons. The number of amides is 1. The van der Waals surface area contributed by atoms with E-state index in [1.165, 1.54) is 0 Å². The lowest BCUT2D eigenvalue weighted by atomic mass is 10.0. The van der Waals surface area contributed by atoms with E-state index in [2.05, 4.69) is 5.32 Å².